The molecule has 1 aromatic rings. The number of carbonyl (C=O) groups excluding carboxylic acids is 6. The van der Waals surface area contributed by atoms with Gasteiger partial charge in [0.05, 0.1) is 24.7 Å². The Balaban J connectivity index is 1.70. The summed E-state index contributed by atoms with van der Waals surface area (Å²) in [6.07, 6.45) is 9.87. The van der Waals surface area contributed by atoms with Gasteiger partial charge < -0.3 is 30.4 Å². The molecule has 0 radical (unpaired) electrons. The number of hydrogen-bond donors (Lipinski definition) is 5. The third-order valence-corrected chi connectivity index (χ3v) is 11.1. The summed E-state index contributed by atoms with van der Waals surface area (Å²) in [5, 5.41) is 30.6. The summed E-state index contributed by atoms with van der Waals surface area (Å²) < 4.78 is 20.4. The number of carbonyl (C=O) groups is 6. The third kappa shape index (κ3) is 14.8. The molecule has 16 heteroatoms. The quantitative estimate of drug-likeness (QED) is 0.139. The van der Waals surface area contributed by atoms with Gasteiger partial charge in [0.15, 0.2) is 0 Å². The summed E-state index contributed by atoms with van der Waals surface area (Å²) in [5.74, 6) is -6.37. The van der Waals surface area contributed by atoms with Gasteiger partial charge in [-0.25, -0.2) is 14.9 Å². The predicted molar refractivity (Wildman–Crippen MR) is 224 cm³/mol. The van der Waals surface area contributed by atoms with Crippen molar-refractivity contribution in [2.75, 3.05) is 19.7 Å². The van der Waals surface area contributed by atoms with Gasteiger partial charge in [-0.05, 0) is 75.1 Å². The highest BCUT2D eigenvalue weighted by molar-refractivity contribution is 5.93. The highest BCUT2D eigenvalue weighted by Crippen LogP contribution is 2.24. The number of aliphatic hydroxyl groups excluding tert-OH is 2. The van der Waals surface area contributed by atoms with Crippen molar-refractivity contribution in [2.45, 2.75) is 122 Å². The number of hydrazine groups is 1. The molecule has 2 saturated heterocycles. The van der Waals surface area contributed by atoms with Gasteiger partial charge in [-0.3, -0.25) is 33.8 Å². The first-order valence-electron chi connectivity index (χ1n) is 21.2. The van der Waals surface area contributed by atoms with Gasteiger partial charge in [0.25, 0.3) is 11.8 Å². The van der Waals surface area contributed by atoms with Crippen molar-refractivity contribution in [3.8, 4) is 0 Å². The number of hydrogen-bond acceptors (Lipinski definition) is 11. The first-order chi connectivity index (χ1) is 29.0. The van der Waals surface area contributed by atoms with E-state index in [1.165, 1.54) is 47.3 Å². The molecule has 0 saturated carbocycles. The van der Waals surface area contributed by atoms with Gasteiger partial charge in [-0.2, -0.15) is 0 Å². The van der Waals surface area contributed by atoms with Gasteiger partial charge in [-0.15, -0.1) is 0 Å². The minimum absolute atomic E-state index is 0.0400. The maximum Gasteiger partial charge on any atom is 0.325 e. The van der Waals surface area contributed by atoms with Crippen LogP contribution in [-0.4, -0.2) is 112 Å². The number of ether oxygens (including phenoxy) is 1. The number of nitrogens with one attached hydrogen (secondary N) is 3. The van der Waals surface area contributed by atoms with Crippen LogP contribution in [-0.2, 0) is 44.8 Å². The molecule has 5 N–H and O–H groups in total. The zero-order valence-corrected chi connectivity index (χ0v) is 35.8. The number of ketones is 1. The summed E-state index contributed by atoms with van der Waals surface area (Å²) in [6, 6.07) is 2.15. The van der Waals surface area contributed by atoms with Gasteiger partial charge in [0, 0.05) is 44.3 Å². The molecule has 6 unspecified atom stereocenters. The SMILES string of the molecule is CC(=O)CCC1C(=O)NC(C(C)C)C(=O)NC(Cc2cccc(F)c2)C(=O)N2CCCC(N2)C(=O)O[C@H](/C(C)=C/C=C/C(=O)N2CCCCO2)C/C=C/C=C/[C@H](O)C(C)C1O. The third-order valence-electron chi connectivity index (χ3n) is 11.1. The van der Waals surface area contributed by atoms with E-state index in [0.29, 0.717) is 37.1 Å². The predicted octanol–water partition coefficient (Wildman–Crippen LogP) is 3.32. The number of cyclic esters (lactones) is 1. The van der Waals surface area contributed by atoms with Crippen LogP contribution in [0.4, 0.5) is 4.39 Å². The molecule has 334 valence electrons. The van der Waals surface area contributed by atoms with Crippen LogP contribution in [0, 0.1) is 23.6 Å². The van der Waals surface area contributed by atoms with Crippen molar-refractivity contribution >= 4 is 35.4 Å². The molecule has 15 nitrogen and oxygen atoms in total. The molecule has 3 aliphatic rings. The van der Waals surface area contributed by atoms with Crippen LogP contribution >= 0.6 is 0 Å². The highest BCUT2D eigenvalue weighted by Gasteiger charge is 2.38. The zero-order valence-electron chi connectivity index (χ0n) is 35.8. The highest BCUT2D eigenvalue weighted by atomic mass is 19.1. The Morgan fingerprint density at radius 2 is 1.79 bits per heavy atom. The van der Waals surface area contributed by atoms with Crippen LogP contribution in [0.3, 0.4) is 0 Å². The number of hydroxylamine groups is 2. The van der Waals surface area contributed by atoms with E-state index in [1.54, 1.807) is 64.1 Å². The number of benzene rings is 1. The molecule has 8 atom stereocenters. The van der Waals surface area contributed by atoms with Crippen LogP contribution < -0.4 is 16.1 Å². The Labute approximate surface area is 357 Å². The number of amides is 4. The van der Waals surface area contributed by atoms with Crippen molar-refractivity contribution in [2.24, 2.45) is 17.8 Å². The largest absolute Gasteiger partial charge is 0.456 e. The second-order valence-electron chi connectivity index (χ2n) is 16.4. The lowest BCUT2D eigenvalue weighted by atomic mass is 9.84. The molecule has 61 heavy (non-hydrogen) atoms. The lowest BCUT2D eigenvalue weighted by Gasteiger charge is -2.36. The number of Topliss-reactive ketones (excluding diaryl/α,β-unsaturated/α-hetero) is 1. The van der Waals surface area contributed by atoms with Gasteiger partial charge in [0.2, 0.25) is 11.8 Å². The first-order valence-corrected chi connectivity index (χ1v) is 21.2. The summed E-state index contributed by atoms with van der Waals surface area (Å²) in [5.41, 5.74) is 3.99. The van der Waals surface area contributed by atoms with Gasteiger partial charge >= 0.3 is 5.97 Å². The topological polar surface area (TPSA) is 204 Å². The van der Waals surface area contributed by atoms with Crippen molar-refractivity contribution < 1.29 is 52.9 Å². The molecule has 4 amide bonds. The molecule has 2 bridgehead atoms. The number of esters is 1. The number of allylic oxidation sites excluding steroid dienone is 4. The molecule has 4 rings (SSSR count). The summed E-state index contributed by atoms with van der Waals surface area (Å²) >= 11 is 0. The molecule has 3 heterocycles. The van der Waals surface area contributed by atoms with Crippen LogP contribution in [0.2, 0.25) is 0 Å². The fraction of sp³-hybridized carbons (Fsp3) is 0.556. The molecule has 0 aliphatic carbocycles. The van der Waals surface area contributed by atoms with E-state index >= 15 is 0 Å². The Kier molecular flexibility index (Phi) is 19.0. The zero-order chi connectivity index (χ0) is 44.6. The standard InChI is InChI=1S/C45H62FN5O10/c1-28(2)40-43(57)47-36(27-32-15-12-16-33(46)26-32)44(58)50-23-13-17-35(49-50)45(59)61-38(29(3)14-11-20-39(54)51-24-9-10-25-60-51)19-8-6-7-18-37(53)31(5)41(55)34(42(56)48-40)22-21-30(4)52/h6-8,11-12,14-16,18,20,26,28,31,34-38,40-41,49,53,55H,9-10,13,17,19,21-25,27H2,1-5H3,(H,47,57)(H,48,56)/b8-6+,18-7+,20-11+,29-14+/t31?,34?,35?,36?,37-,38-,40?,41?/m0/s1. The summed E-state index contributed by atoms with van der Waals surface area (Å²) in [7, 11) is 0. The minimum Gasteiger partial charge on any atom is -0.456 e. The maximum atomic E-state index is 14.3. The maximum absolute atomic E-state index is 14.3. The lowest BCUT2D eigenvalue weighted by Crippen LogP contribution is -2.62. The van der Waals surface area contributed by atoms with E-state index in [4.69, 9.17) is 9.57 Å². The van der Waals surface area contributed by atoms with E-state index in [2.05, 4.69) is 16.1 Å². The Morgan fingerprint density at radius 3 is 2.48 bits per heavy atom. The average molecular weight is 852 g/mol. The van der Waals surface area contributed by atoms with E-state index in [1.807, 2.05) is 0 Å². The first kappa shape index (κ1) is 48.6. The molecule has 2 fully saturated rings. The van der Waals surface area contributed by atoms with Crippen LogP contribution in [0.15, 0.2) is 72.4 Å². The van der Waals surface area contributed by atoms with Gasteiger partial charge in [0.1, 0.15) is 35.8 Å². The normalized spacial score (nSPS) is 29.2. The molecule has 0 aromatic heterocycles. The fourth-order valence-corrected chi connectivity index (χ4v) is 7.27. The summed E-state index contributed by atoms with van der Waals surface area (Å²) in [6.45, 7) is 9.17. The number of rotatable bonds is 9. The van der Waals surface area contributed by atoms with E-state index in [9.17, 15) is 43.4 Å². The molecule has 3 aliphatic heterocycles. The molecular formula is C45H62FN5O10. The molecule has 1 aromatic carbocycles. The van der Waals surface area contributed by atoms with Gasteiger partial charge in [-0.1, -0.05) is 69.4 Å². The second-order valence-corrected chi connectivity index (χ2v) is 16.4. The van der Waals surface area contributed by atoms with Crippen molar-refractivity contribution in [3.05, 3.63) is 83.8 Å². The summed E-state index contributed by atoms with van der Waals surface area (Å²) in [4.78, 5) is 86.2. The van der Waals surface area contributed by atoms with E-state index in [0.717, 1.165) is 12.8 Å². The number of fused-ring (bicyclic) bond motifs is 2. The fourth-order valence-electron chi connectivity index (χ4n) is 7.27. The van der Waals surface area contributed by atoms with Crippen LogP contribution in [0.5, 0.6) is 0 Å². The smallest absolute Gasteiger partial charge is 0.325 e. The van der Waals surface area contributed by atoms with E-state index < -0.39 is 83.7 Å². The Hall–Kier alpha value is -5.03. The van der Waals surface area contributed by atoms with Crippen molar-refractivity contribution in [3.63, 3.8) is 0 Å². The second kappa shape index (κ2) is 23.8. The van der Waals surface area contributed by atoms with Crippen LogP contribution in [0.25, 0.3) is 0 Å². The monoisotopic (exact) mass is 851 g/mol. The number of aliphatic hydroxyl groups is 2. The number of nitrogens with zero attached hydrogens (tertiary/aromatic N) is 2. The van der Waals surface area contributed by atoms with E-state index in [-0.39, 0.29) is 43.9 Å². The number of halogens is 1. The van der Waals surface area contributed by atoms with Crippen molar-refractivity contribution in [1.82, 2.24) is 26.1 Å². The molecular weight excluding hydrogens is 790 g/mol. The molecule has 0 spiro atoms. The average Bonchev–Trinajstić information content (AvgIpc) is 3.23. The van der Waals surface area contributed by atoms with Crippen LogP contribution in [0.1, 0.15) is 85.1 Å². The van der Waals surface area contributed by atoms with Crippen molar-refractivity contribution in [1.29, 1.82) is 0 Å². The Bertz CT molecular complexity index is 1830. The minimum atomic E-state index is -1.44. The Morgan fingerprint density at radius 1 is 1.02 bits per heavy atom. The lowest BCUT2D eigenvalue weighted by molar-refractivity contribution is -0.191.